The van der Waals surface area contributed by atoms with Crippen LogP contribution >= 0.6 is 0 Å². The molecule has 0 N–H and O–H groups in total. The molecule has 0 saturated heterocycles. The largest absolute Gasteiger partial charge is 0.489 e. The second-order valence-corrected chi connectivity index (χ2v) is 5.81. The minimum atomic E-state index is -0.462. The molecule has 0 radical (unpaired) electrons. The van der Waals surface area contributed by atoms with Crippen LogP contribution in [0.15, 0.2) is 72.8 Å². The molecule has 3 aromatic carbocycles. The van der Waals surface area contributed by atoms with Crippen LogP contribution in [0.2, 0.25) is 0 Å². The topological polar surface area (TPSA) is 87.9 Å². The Balaban J connectivity index is 1.61. The van der Waals surface area contributed by atoms with E-state index in [9.17, 15) is 14.9 Å². The van der Waals surface area contributed by atoms with Gasteiger partial charge in [0.05, 0.1) is 17.6 Å². The van der Waals surface area contributed by atoms with Gasteiger partial charge in [-0.15, -0.1) is 0 Å². The molecule has 0 aliphatic heterocycles. The lowest BCUT2D eigenvalue weighted by atomic mass is 10.1. The molecule has 0 aliphatic carbocycles. The van der Waals surface area contributed by atoms with Crippen molar-refractivity contribution in [1.82, 2.24) is 0 Å². The van der Waals surface area contributed by atoms with E-state index in [2.05, 4.69) is 4.74 Å². The van der Waals surface area contributed by atoms with Crippen LogP contribution in [0.5, 0.6) is 17.2 Å². The number of benzene rings is 3. The van der Waals surface area contributed by atoms with Gasteiger partial charge in [0.2, 0.25) is 0 Å². The number of carbonyl (C=O) groups is 1. The third-order valence-electron chi connectivity index (χ3n) is 3.87. The van der Waals surface area contributed by atoms with Crippen molar-refractivity contribution >= 4 is 11.7 Å². The fourth-order valence-electron chi connectivity index (χ4n) is 2.42. The highest BCUT2D eigenvalue weighted by Crippen LogP contribution is 2.27. The van der Waals surface area contributed by atoms with E-state index in [1.165, 1.54) is 31.4 Å². The van der Waals surface area contributed by atoms with Crippen LogP contribution < -0.4 is 9.47 Å². The van der Waals surface area contributed by atoms with E-state index in [-0.39, 0.29) is 11.7 Å². The Morgan fingerprint density at radius 2 is 1.61 bits per heavy atom. The molecule has 0 aromatic heterocycles. The molecule has 0 amide bonds. The normalized spacial score (nSPS) is 10.2. The zero-order chi connectivity index (χ0) is 19.9. The molecular formula is C21H17NO6. The number of carbonyl (C=O) groups excluding carboxylic acids is 1. The van der Waals surface area contributed by atoms with E-state index in [1.54, 1.807) is 48.5 Å². The summed E-state index contributed by atoms with van der Waals surface area (Å²) in [6.45, 7) is 0.322. The summed E-state index contributed by atoms with van der Waals surface area (Å²) in [6.07, 6.45) is 0. The van der Waals surface area contributed by atoms with Crippen molar-refractivity contribution in [3.8, 4) is 17.2 Å². The summed E-state index contributed by atoms with van der Waals surface area (Å²) in [7, 11) is 1.34. The van der Waals surface area contributed by atoms with E-state index in [0.29, 0.717) is 29.4 Å². The van der Waals surface area contributed by atoms with Gasteiger partial charge in [0.1, 0.15) is 23.9 Å². The van der Waals surface area contributed by atoms with Crippen LogP contribution in [0.3, 0.4) is 0 Å². The van der Waals surface area contributed by atoms with E-state index < -0.39 is 4.92 Å². The third kappa shape index (κ3) is 4.85. The number of nitro groups is 1. The maximum atomic E-state index is 11.4. The fraction of sp³-hybridized carbons (Fsp3) is 0.0952. The highest BCUT2D eigenvalue weighted by molar-refractivity contribution is 5.89. The van der Waals surface area contributed by atoms with Crippen LogP contribution in [0.1, 0.15) is 15.9 Å². The lowest BCUT2D eigenvalue weighted by Gasteiger charge is -2.10. The van der Waals surface area contributed by atoms with Gasteiger partial charge in [0.25, 0.3) is 5.69 Å². The first kappa shape index (κ1) is 18.9. The van der Waals surface area contributed by atoms with Crippen molar-refractivity contribution in [3.05, 3.63) is 94.0 Å². The number of hydrogen-bond donors (Lipinski definition) is 0. The van der Waals surface area contributed by atoms with Crippen molar-refractivity contribution in [1.29, 1.82) is 0 Å². The van der Waals surface area contributed by atoms with Crippen LogP contribution in [-0.4, -0.2) is 18.0 Å². The molecule has 3 aromatic rings. The average molecular weight is 379 g/mol. The Kier molecular flexibility index (Phi) is 5.86. The molecule has 0 heterocycles. The molecule has 0 atom stereocenters. The van der Waals surface area contributed by atoms with Gasteiger partial charge in [-0.3, -0.25) is 10.1 Å². The van der Waals surface area contributed by atoms with Crippen molar-refractivity contribution in [2.75, 3.05) is 7.11 Å². The molecule has 0 saturated carbocycles. The Hall–Kier alpha value is -3.87. The Morgan fingerprint density at radius 1 is 0.929 bits per heavy atom. The van der Waals surface area contributed by atoms with Gasteiger partial charge >= 0.3 is 5.97 Å². The van der Waals surface area contributed by atoms with Crippen LogP contribution in [0.25, 0.3) is 0 Å². The van der Waals surface area contributed by atoms with Crippen molar-refractivity contribution in [2.45, 2.75) is 6.61 Å². The van der Waals surface area contributed by atoms with Gasteiger partial charge < -0.3 is 14.2 Å². The van der Waals surface area contributed by atoms with Crippen molar-refractivity contribution in [3.63, 3.8) is 0 Å². The molecule has 0 fully saturated rings. The van der Waals surface area contributed by atoms with Crippen molar-refractivity contribution < 1.29 is 23.9 Å². The second kappa shape index (κ2) is 8.68. The van der Waals surface area contributed by atoms with E-state index in [4.69, 9.17) is 9.47 Å². The maximum absolute atomic E-state index is 11.4. The van der Waals surface area contributed by atoms with Gasteiger partial charge in [-0.1, -0.05) is 18.2 Å². The molecule has 7 nitrogen and oxygen atoms in total. The Bertz CT molecular complexity index is 967. The number of nitrogens with zero attached hydrogens (tertiary/aromatic N) is 1. The summed E-state index contributed by atoms with van der Waals surface area (Å²) in [5.41, 5.74) is 1.38. The minimum Gasteiger partial charge on any atom is -0.489 e. The highest BCUT2D eigenvalue weighted by Gasteiger charge is 2.07. The third-order valence-corrected chi connectivity index (χ3v) is 3.87. The van der Waals surface area contributed by atoms with Gasteiger partial charge in [0.15, 0.2) is 0 Å². The molecule has 142 valence electrons. The Morgan fingerprint density at radius 3 is 2.25 bits per heavy atom. The number of hydrogen-bond acceptors (Lipinski definition) is 6. The zero-order valence-electron chi connectivity index (χ0n) is 15.0. The highest BCUT2D eigenvalue weighted by atomic mass is 16.6. The number of non-ortho nitro benzene ring substituents is 1. The SMILES string of the molecule is COC(=O)c1ccc(COc2cccc(Oc3ccc([N+](=O)[O-])cc3)c2)cc1. The van der Waals surface area contributed by atoms with Crippen LogP contribution in [0.4, 0.5) is 5.69 Å². The number of rotatable bonds is 7. The molecule has 0 bridgehead atoms. The second-order valence-electron chi connectivity index (χ2n) is 5.81. The lowest BCUT2D eigenvalue weighted by molar-refractivity contribution is -0.384. The monoisotopic (exact) mass is 379 g/mol. The fourth-order valence-corrected chi connectivity index (χ4v) is 2.42. The number of nitro benzene ring substituents is 1. The smallest absolute Gasteiger partial charge is 0.337 e. The zero-order valence-corrected chi connectivity index (χ0v) is 15.0. The van der Waals surface area contributed by atoms with Crippen LogP contribution in [-0.2, 0) is 11.3 Å². The predicted octanol–water partition coefficient (Wildman–Crippen LogP) is 4.75. The summed E-state index contributed by atoms with van der Waals surface area (Å²) in [6, 6.07) is 19.9. The molecule has 0 aliphatic rings. The lowest BCUT2D eigenvalue weighted by Crippen LogP contribution is -2.02. The molecular weight excluding hydrogens is 362 g/mol. The Labute approximate surface area is 161 Å². The molecule has 0 unspecified atom stereocenters. The first-order valence-electron chi connectivity index (χ1n) is 8.37. The standard InChI is InChI=1S/C21H17NO6/c1-26-21(23)16-7-5-15(6-8-16)14-27-19-3-2-4-20(13-19)28-18-11-9-17(10-12-18)22(24)25/h2-13H,14H2,1H3. The van der Waals surface area contributed by atoms with E-state index >= 15 is 0 Å². The summed E-state index contributed by atoms with van der Waals surface area (Å²) in [4.78, 5) is 21.7. The summed E-state index contributed by atoms with van der Waals surface area (Å²) in [5, 5.41) is 10.7. The van der Waals surface area contributed by atoms with E-state index in [0.717, 1.165) is 5.56 Å². The number of ether oxygens (including phenoxy) is 3. The first-order valence-corrected chi connectivity index (χ1v) is 8.37. The summed E-state index contributed by atoms with van der Waals surface area (Å²) >= 11 is 0. The van der Waals surface area contributed by atoms with Gasteiger partial charge in [0, 0.05) is 18.2 Å². The predicted molar refractivity (Wildman–Crippen MR) is 102 cm³/mol. The molecule has 7 heteroatoms. The minimum absolute atomic E-state index is 0.00246. The average Bonchev–Trinajstić information content (AvgIpc) is 2.73. The maximum Gasteiger partial charge on any atom is 0.337 e. The first-order chi connectivity index (χ1) is 13.5. The molecule has 0 spiro atoms. The van der Waals surface area contributed by atoms with Crippen molar-refractivity contribution in [2.24, 2.45) is 0 Å². The molecule has 3 rings (SSSR count). The number of esters is 1. The number of methoxy groups -OCH3 is 1. The quantitative estimate of drug-likeness (QED) is 0.334. The van der Waals surface area contributed by atoms with Gasteiger partial charge in [-0.2, -0.15) is 0 Å². The summed E-state index contributed by atoms with van der Waals surface area (Å²) < 4.78 is 16.1. The molecule has 28 heavy (non-hydrogen) atoms. The van der Waals surface area contributed by atoms with Crippen LogP contribution in [0, 0.1) is 10.1 Å². The van der Waals surface area contributed by atoms with E-state index in [1.807, 2.05) is 0 Å². The van der Waals surface area contributed by atoms with Gasteiger partial charge in [-0.05, 0) is 42.0 Å². The summed E-state index contributed by atoms with van der Waals surface area (Å²) in [5.74, 6) is 1.26. The van der Waals surface area contributed by atoms with Gasteiger partial charge in [-0.25, -0.2) is 4.79 Å².